The first-order valence-electron chi connectivity index (χ1n) is 6.68. The lowest BCUT2D eigenvalue weighted by Gasteiger charge is -2.37. The van der Waals surface area contributed by atoms with Crippen molar-refractivity contribution < 1.29 is 9.18 Å². The number of carbonyl (C=O) groups excluding carboxylic acids is 1. The minimum absolute atomic E-state index is 0.0391. The van der Waals surface area contributed by atoms with E-state index in [0.29, 0.717) is 28.1 Å². The molecule has 0 radical (unpaired) electrons. The van der Waals surface area contributed by atoms with E-state index >= 15 is 0 Å². The van der Waals surface area contributed by atoms with E-state index in [9.17, 15) is 9.18 Å². The number of carbonyl (C=O) groups is 1. The highest BCUT2D eigenvalue weighted by Crippen LogP contribution is 2.19. The summed E-state index contributed by atoms with van der Waals surface area (Å²) >= 11 is 8.10. The Labute approximate surface area is 137 Å². The number of halogens is 2. The minimum Gasteiger partial charge on any atom is -0.392 e. The first-order valence-corrected chi connectivity index (χ1v) is 7.88. The van der Waals surface area contributed by atoms with Crippen molar-refractivity contribution in [1.82, 2.24) is 9.80 Å². The maximum absolute atomic E-state index is 13.2. The number of nitrogens with two attached hydrogens (primary N) is 1. The Bertz CT molecular complexity index is 561. The molecule has 0 bridgehead atoms. The second kappa shape index (κ2) is 6.81. The van der Waals surface area contributed by atoms with Gasteiger partial charge in [-0.15, -0.1) is 0 Å². The molecule has 1 unspecified atom stereocenters. The molecule has 7 heteroatoms. The average molecular weight is 374 g/mol. The van der Waals surface area contributed by atoms with Crippen molar-refractivity contribution in [2.75, 3.05) is 26.2 Å². The normalized spacial score (nSPS) is 17.6. The number of amides is 1. The summed E-state index contributed by atoms with van der Waals surface area (Å²) in [6, 6.07) is 4.36. The Hall–Kier alpha value is -1.05. The first kappa shape index (κ1) is 16.3. The minimum atomic E-state index is -0.373. The maximum Gasteiger partial charge on any atom is 0.253 e. The van der Waals surface area contributed by atoms with Crippen molar-refractivity contribution in [2.45, 2.75) is 13.0 Å². The Morgan fingerprint density at radius 2 is 2.00 bits per heavy atom. The molecule has 2 N–H and O–H groups in total. The Morgan fingerprint density at radius 3 is 2.52 bits per heavy atom. The standard InChI is InChI=1S/C14H17BrFN3OS/c1-9(13(17)21)18-4-6-19(7-5-18)14(20)10-2-3-12(16)11(15)8-10/h2-3,8-9H,4-7H2,1H3,(H2,17,21). The predicted molar refractivity (Wildman–Crippen MR) is 87.8 cm³/mol. The molecule has 1 heterocycles. The van der Waals surface area contributed by atoms with Crippen LogP contribution in [0.25, 0.3) is 0 Å². The quantitative estimate of drug-likeness (QED) is 0.823. The van der Waals surface area contributed by atoms with Crippen molar-refractivity contribution >= 4 is 39.0 Å². The van der Waals surface area contributed by atoms with E-state index in [1.165, 1.54) is 18.2 Å². The number of thiocarbonyl (C=S) groups is 1. The number of hydrogen-bond acceptors (Lipinski definition) is 3. The largest absolute Gasteiger partial charge is 0.392 e. The van der Waals surface area contributed by atoms with Gasteiger partial charge in [0, 0.05) is 31.7 Å². The molecule has 1 saturated heterocycles. The molecule has 0 aliphatic carbocycles. The van der Waals surface area contributed by atoms with Crippen molar-refractivity contribution in [3.05, 3.63) is 34.1 Å². The molecule has 1 atom stereocenters. The maximum atomic E-state index is 13.2. The van der Waals surface area contributed by atoms with Gasteiger partial charge < -0.3 is 10.6 Å². The molecule has 0 spiro atoms. The average Bonchev–Trinajstić information content (AvgIpc) is 2.48. The molecule has 1 fully saturated rings. The van der Waals surface area contributed by atoms with Gasteiger partial charge in [0.25, 0.3) is 5.91 Å². The lowest BCUT2D eigenvalue weighted by Crippen LogP contribution is -2.53. The highest BCUT2D eigenvalue weighted by atomic mass is 79.9. The van der Waals surface area contributed by atoms with Gasteiger partial charge >= 0.3 is 0 Å². The van der Waals surface area contributed by atoms with Crippen LogP contribution in [0, 0.1) is 5.82 Å². The highest BCUT2D eigenvalue weighted by molar-refractivity contribution is 9.10. The van der Waals surface area contributed by atoms with Crippen molar-refractivity contribution in [3.8, 4) is 0 Å². The molecular weight excluding hydrogens is 357 g/mol. The third-order valence-electron chi connectivity index (χ3n) is 3.73. The van der Waals surface area contributed by atoms with Crippen LogP contribution in [-0.2, 0) is 0 Å². The molecule has 1 amide bonds. The zero-order valence-corrected chi connectivity index (χ0v) is 14.1. The van der Waals surface area contributed by atoms with Crippen LogP contribution in [0.4, 0.5) is 4.39 Å². The van der Waals surface area contributed by atoms with Gasteiger partial charge in [0.2, 0.25) is 0 Å². The SMILES string of the molecule is CC(C(N)=S)N1CCN(C(=O)c2ccc(F)c(Br)c2)CC1. The van der Waals surface area contributed by atoms with Gasteiger partial charge in [0.05, 0.1) is 15.5 Å². The zero-order valence-electron chi connectivity index (χ0n) is 11.7. The number of rotatable bonds is 3. The van der Waals surface area contributed by atoms with Crippen LogP contribution in [0.1, 0.15) is 17.3 Å². The Morgan fingerprint density at radius 1 is 1.38 bits per heavy atom. The summed E-state index contributed by atoms with van der Waals surface area (Å²) in [6.07, 6.45) is 0. The summed E-state index contributed by atoms with van der Waals surface area (Å²) in [5.41, 5.74) is 6.14. The van der Waals surface area contributed by atoms with Crippen LogP contribution >= 0.6 is 28.1 Å². The molecule has 114 valence electrons. The molecule has 1 aromatic carbocycles. The number of hydrogen-bond donors (Lipinski definition) is 1. The molecule has 2 rings (SSSR count). The van der Waals surface area contributed by atoms with Gasteiger partial charge in [0.15, 0.2) is 0 Å². The lowest BCUT2D eigenvalue weighted by atomic mass is 10.1. The van der Waals surface area contributed by atoms with Gasteiger partial charge in [-0.3, -0.25) is 9.69 Å². The third-order valence-corrected chi connectivity index (χ3v) is 4.68. The molecule has 4 nitrogen and oxygen atoms in total. The molecule has 0 saturated carbocycles. The second-order valence-corrected chi connectivity index (χ2v) is 6.36. The van der Waals surface area contributed by atoms with Gasteiger partial charge in [-0.05, 0) is 41.1 Å². The zero-order chi connectivity index (χ0) is 15.6. The first-order chi connectivity index (χ1) is 9.90. The molecule has 21 heavy (non-hydrogen) atoms. The van der Waals surface area contributed by atoms with Crippen LogP contribution in [0.2, 0.25) is 0 Å². The topological polar surface area (TPSA) is 49.6 Å². The van der Waals surface area contributed by atoms with Crippen LogP contribution in [0.3, 0.4) is 0 Å². The Balaban J connectivity index is 2.00. The molecule has 1 aliphatic heterocycles. The van der Waals surface area contributed by atoms with Crippen molar-refractivity contribution in [1.29, 1.82) is 0 Å². The Kier molecular flexibility index (Phi) is 5.29. The summed E-state index contributed by atoms with van der Waals surface area (Å²) in [4.78, 5) is 16.8. The fourth-order valence-electron chi connectivity index (χ4n) is 2.30. The summed E-state index contributed by atoms with van der Waals surface area (Å²) in [5, 5.41) is 0. The van der Waals surface area contributed by atoms with Gasteiger partial charge in [-0.25, -0.2) is 4.39 Å². The van der Waals surface area contributed by atoms with Gasteiger partial charge in [-0.2, -0.15) is 0 Å². The molecule has 1 aliphatic rings. The van der Waals surface area contributed by atoms with Gasteiger partial charge in [-0.1, -0.05) is 12.2 Å². The fraction of sp³-hybridized carbons (Fsp3) is 0.429. The number of benzene rings is 1. The monoisotopic (exact) mass is 373 g/mol. The van der Waals surface area contributed by atoms with E-state index < -0.39 is 0 Å². The van der Waals surface area contributed by atoms with E-state index in [0.717, 1.165) is 13.1 Å². The number of nitrogens with zero attached hydrogens (tertiary/aromatic N) is 2. The summed E-state index contributed by atoms with van der Waals surface area (Å²) < 4.78 is 13.5. The second-order valence-electron chi connectivity index (χ2n) is 5.04. The van der Waals surface area contributed by atoms with E-state index in [1.807, 2.05) is 6.92 Å². The van der Waals surface area contributed by atoms with E-state index in [4.69, 9.17) is 18.0 Å². The van der Waals surface area contributed by atoms with Crippen LogP contribution in [-0.4, -0.2) is 52.9 Å². The van der Waals surface area contributed by atoms with Crippen LogP contribution in [0.15, 0.2) is 22.7 Å². The highest BCUT2D eigenvalue weighted by Gasteiger charge is 2.25. The van der Waals surface area contributed by atoms with Crippen LogP contribution < -0.4 is 5.73 Å². The summed E-state index contributed by atoms with van der Waals surface area (Å²) in [6.45, 7) is 4.65. The van der Waals surface area contributed by atoms with E-state index in [1.54, 1.807) is 4.90 Å². The van der Waals surface area contributed by atoms with Gasteiger partial charge in [0.1, 0.15) is 5.82 Å². The smallest absolute Gasteiger partial charge is 0.253 e. The fourth-order valence-corrected chi connectivity index (χ4v) is 2.83. The molecule has 1 aromatic rings. The van der Waals surface area contributed by atoms with Crippen molar-refractivity contribution in [2.24, 2.45) is 5.73 Å². The lowest BCUT2D eigenvalue weighted by molar-refractivity contribution is 0.0621. The third kappa shape index (κ3) is 3.78. The summed E-state index contributed by atoms with van der Waals surface area (Å²) in [5.74, 6) is -0.458. The summed E-state index contributed by atoms with van der Waals surface area (Å²) in [7, 11) is 0. The number of piperazine rings is 1. The predicted octanol–water partition coefficient (Wildman–Crippen LogP) is 2.02. The van der Waals surface area contributed by atoms with E-state index in [-0.39, 0.29) is 17.8 Å². The van der Waals surface area contributed by atoms with E-state index in [2.05, 4.69) is 20.8 Å². The molecular formula is C14H17BrFN3OS. The van der Waals surface area contributed by atoms with Crippen LogP contribution in [0.5, 0.6) is 0 Å². The van der Waals surface area contributed by atoms with Crippen molar-refractivity contribution in [3.63, 3.8) is 0 Å². The molecule has 0 aromatic heterocycles.